The Labute approximate surface area is 143 Å². The number of fused-ring (bicyclic) bond motifs is 1. The summed E-state index contributed by atoms with van der Waals surface area (Å²) in [4.78, 5) is 28.9. The highest BCUT2D eigenvalue weighted by Crippen LogP contribution is 2.17. The molecule has 0 aliphatic carbocycles. The summed E-state index contributed by atoms with van der Waals surface area (Å²) in [6.45, 7) is 2.00. The molecule has 128 valence electrons. The Morgan fingerprint density at radius 2 is 2.08 bits per heavy atom. The summed E-state index contributed by atoms with van der Waals surface area (Å²) < 4.78 is 6.45. The molecule has 1 amide bonds. The minimum atomic E-state index is -0.698. The summed E-state index contributed by atoms with van der Waals surface area (Å²) >= 11 is 0. The molecule has 0 radical (unpaired) electrons. The maximum Gasteiger partial charge on any atom is 0.274 e. The van der Waals surface area contributed by atoms with E-state index in [0.29, 0.717) is 5.75 Å². The number of para-hydroxylation sites is 1. The largest absolute Gasteiger partial charge is 0.496 e. The summed E-state index contributed by atoms with van der Waals surface area (Å²) in [5, 5.41) is 12.7. The van der Waals surface area contributed by atoms with Crippen molar-refractivity contribution >= 4 is 11.6 Å². The zero-order valence-corrected chi connectivity index (χ0v) is 13.8. The molecule has 0 aliphatic rings. The van der Waals surface area contributed by atoms with Crippen molar-refractivity contribution in [1.29, 1.82) is 0 Å². The number of nitrogens with zero attached hydrogens (tertiary/aromatic N) is 2. The van der Waals surface area contributed by atoms with Crippen molar-refractivity contribution < 1.29 is 14.6 Å². The molecule has 2 N–H and O–H groups in total. The summed E-state index contributed by atoms with van der Waals surface area (Å²) in [5.41, 5.74) is 0.905. The molecule has 0 saturated heterocycles. The van der Waals surface area contributed by atoms with Crippen LogP contribution in [0.3, 0.4) is 0 Å². The van der Waals surface area contributed by atoms with E-state index in [2.05, 4.69) is 10.3 Å². The molecule has 25 heavy (non-hydrogen) atoms. The van der Waals surface area contributed by atoms with Crippen LogP contribution >= 0.6 is 0 Å². The maximum absolute atomic E-state index is 12.5. The molecule has 0 fully saturated rings. The van der Waals surface area contributed by atoms with Gasteiger partial charge in [-0.25, -0.2) is 0 Å². The maximum atomic E-state index is 12.5. The first-order chi connectivity index (χ1) is 12.0. The second-order valence-corrected chi connectivity index (χ2v) is 5.54. The first-order valence-corrected chi connectivity index (χ1v) is 7.63. The standard InChI is InChI=1S/C18H17N3O4/c1-11-7-8-21-14(9-11)20-17(23)15(18(21)24)16(22)19-10-12-5-3-4-6-13(12)25-2/h3-9,23H,10H2,1-2H3,(H,19,22). The van der Waals surface area contributed by atoms with E-state index in [4.69, 9.17) is 4.74 Å². The van der Waals surface area contributed by atoms with Gasteiger partial charge in [0.2, 0.25) is 5.88 Å². The number of aryl methyl sites for hydroxylation is 1. The van der Waals surface area contributed by atoms with Crippen molar-refractivity contribution in [2.75, 3.05) is 7.11 Å². The number of carbonyl (C=O) groups excluding carboxylic acids is 1. The molecule has 2 aromatic heterocycles. The molecule has 7 nitrogen and oxygen atoms in total. The van der Waals surface area contributed by atoms with Crippen LogP contribution in [0, 0.1) is 6.92 Å². The van der Waals surface area contributed by atoms with E-state index < -0.39 is 22.9 Å². The zero-order chi connectivity index (χ0) is 18.0. The van der Waals surface area contributed by atoms with Crippen molar-refractivity contribution in [3.63, 3.8) is 0 Å². The highest BCUT2D eigenvalue weighted by Gasteiger charge is 2.20. The fourth-order valence-corrected chi connectivity index (χ4v) is 2.54. The Hall–Kier alpha value is -3.35. The molecule has 0 spiro atoms. The van der Waals surface area contributed by atoms with Crippen molar-refractivity contribution in [3.05, 3.63) is 69.6 Å². The third kappa shape index (κ3) is 3.16. The number of amides is 1. The van der Waals surface area contributed by atoms with Crippen LogP contribution in [0.1, 0.15) is 21.5 Å². The number of aromatic nitrogens is 2. The number of methoxy groups -OCH3 is 1. The molecular weight excluding hydrogens is 322 g/mol. The second-order valence-electron chi connectivity index (χ2n) is 5.54. The number of rotatable bonds is 4. The average Bonchev–Trinajstić information content (AvgIpc) is 2.59. The van der Waals surface area contributed by atoms with Gasteiger partial charge in [-0.05, 0) is 30.7 Å². The molecule has 0 unspecified atom stereocenters. The van der Waals surface area contributed by atoms with Crippen LogP contribution in [0.4, 0.5) is 0 Å². The number of ether oxygens (including phenoxy) is 1. The van der Waals surface area contributed by atoms with Crippen LogP contribution in [0.25, 0.3) is 5.65 Å². The van der Waals surface area contributed by atoms with Gasteiger partial charge in [0.05, 0.1) is 7.11 Å². The van der Waals surface area contributed by atoms with E-state index >= 15 is 0 Å². The highest BCUT2D eigenvalue weighted by molar-refractivity contribution is 5.96. The van der Waals surface area contributed by atoms with E-state index in [1.54, 1.807) is 24.3 Å². The van der Waals surface area contributed by atoms with E-state index in [1.807, 2.05) is 19.1 Å². The molecule has 3 aromatic rings. The van der Waals surface area contributed by atoms with Crippen molar-refractivity contribution in [1.82, 2.24) is 14.7 Å². The van der Waals surface area contributed by atoms with Gasteiger partial charge >= 0.3 is 0 Å². The van der Waals surface area contributed by atoms with Crippen LogP contribution < -0.4 is 15.6 Å². The number of pyridine rings is 1. The molecular formula is C18H17N3O4. The third-order valence-electron chi connectivity index (χ3n) is 3.83. The molecule has 1 aromatic carbocycles. The van der Waals surface area contributed by atoms with Gasteiger partial charge in [0, 0.05) is 18.3 Å². The monoisotopic (exact) mass is 339 g/mol. The van der Waals surface area contributed by atoms with Gasteiger partial charge in [-0.15, -0.1) is 0 Å². The average molecular weight is 339 g/mol. The van der Waals surface area contributed by atoms with Gasteiger partial charge in [0.15, 0.2) is 5.56 Å². The summed E-state index contributed by atoms with van der Waals surface area (Å²) in [5.74, 6) is -0.667. The van der Waals surface area contributed by atoms with Crippen molar-refractivity contribution in [3.8, 4) is 11.6 Å². The van der Waals surface area contributed by atoms with Crippen LogP contribution in [-0.4, -0.2) is 27.5 Å². The van der Waals surface area contributed by atoms with Crippen LogP contribution in [0.2, 0.25) is 0 Å². The highest BCUT2D eigenvalue weighted by atomic mass is 16.5. The lowest BCUT2D eigenvalue weighted by Gasteiger charge is -2.10. The number of carbonyl (C=O) groups is 1. The quantitative estimate of drug-likeness (QED) is 0.754. The van der Waals surface area contributed by atoms with E-state index in [9.17, 15) is 14.7 Å². The fourth-order valence-electron chi connectivity index (χ4n) is 2.54. The van der Waals surface area contributed by atoms with Crippen LogP contribution in [-0.2, 0) is 6.54 Å². The fraction of sp³-hybridized carbons (Fsp3) is 0.167. The lowest BCUT2D eigenvalue weighted by Crippen LogP contribution is -2.31. The van der Waals surface area contributed by atoms with E-state index in [1.165, 1.54) is 17.7 Å². The number of hydrogen-bond donors (Lipinski definition) is 2. The predicted octanol–water partition coefficient (Wildman–Crippen LogP) is 1.65. The van der Waals surface area contributed by atoms with Gasteiger partial charge in [-0.1, -0.05) is 18.2 Å². The summed E-state index contributed by atoms with van der Waals surface area (Å²) in [7, 11) is 1.54. The van der Waals surface area contributed by atoms with Crippen molar-refractivity contribution in [2.45, 2.75) is 13.5 Å². The second kappa shape index (κ2) is 6.64. The lowest BCUT2D eigenvalue weighted by atomic mass is 10.2. The smallest absolute Gasteiger partial charge is 0.274 e. The summed E-state index contributed by atoms with van der Waals surface area (Å²) in [6.07, 6.45) is 1.52. The van der Waals surface area contributed by atoms with Gasteiger partial charge in [0.25, 0.3) is 11.5 Å². The number of nitrogens with one attached hydrogen (secondary N) is 1. The van der Waals surface area contributed by atoms with Crippen LogP contribution in [0.5, 0.6) is 11.6 Å². The lowest BCUT2D eigenvalue weighted by molar-refractivity contribution is 0.0945. The summed E-state index contributed by atoms with van der Waals surface area (Å²) in [6, 6.07) is 10.6. The topological polar surface area (TPSA) is 92.9 Å². The molecule has 7 heteroatoms. The van der Waals surface area contributed by atoms with E-state index in [0.717, 1.165) is 11.1 Å². The normalized spacial score (nSPS) is 10.6. The molecule has 0 bridgehead atoms. The minimum absolute atomic E-state index is 0.151. The molecule has 0 saturated carbocycles. The van der Waals surface area contributed by atoms with Crippen LogP contribution in [0.15, 0.2) is 47.4 Å². The van der Waals surface area contributed by atoms with Gasteiger partial charge in [0.1, 0.15) is 11.4 Å². The Kier molecular flexibility index (Phi) is 4.38. The number of aromatic hydroxyl groups is 1. The molecule has 0 aliphatic heterocycles. The SMILES string of the molecule is COc1ccccc1CNC(=O)c1c(O)nc2cc(C)ccn2c1=O. The minimum Gasteiger partial charge on any atom is -0.496 e. The Bertz CT molecular complexity index is 1010. The zero-order valence-electron chi connectivity index (χ0n) is 13.8. The van der Waals surface area contributed by atoms with Gasteiger partial charge in [-0.2, -0.15) is 4.98 Å². The molecule has 0 atom stereocenters. The van der Waals surface area contributed by atoms with E-state index in [-0.39, 0.29) is 12.2 Å². The number of hydrogen-bond acceptors (Lipinski definition) is 5. The predicted molar refractivity (Wildman–Crippen MR) is 92.0 cm³/mol. The molecule has 2 heterocycles. The van der Waals surface area contributed by atoms with Crippen molar-refractivity contribution in [2.24, 2.45) is 0 Å². The third-order valence-corrected chi connectivity index (χ3v) is 3.83. The Balaban J connectivity index is 1.92. The number of benzene rings is 1. The molecule has 3 rings (SSSR count). The van der Waals surface area contributed by atoms with Gasteiger partial charge in [-0.3, -0.25) is 14.0 Å². The van der Waals surface area contributed by atoms with Gasteiger partial charge < -0.3 is 15.2 Å². The Morgan fingerprint density at radius 1 is 1.32 bits per heavy atom. The first-order valence-electron chi connectivity index (χ1n) is 7.63. The Morgan fingerprint density at radius 3 is 2.84 bits per heavy atom. The first kappa shape index (κ1) is 16.5.